The van der Waals surface area contributed by atoms with Gasteiger partial charge in [0, 0.05) is 26.2 Å². The molecule has 0 atom stereocenters. The highest BCUT2D eigenvalue weighted by Gasteiger charge is 2.07. The highest BCUT2D eigenvalue weighted by atomic mass is 35.5. The van der Waals surface area contributed by atoms with Crippen LogP contribution in [0.3, 0.4) is 0 Å². The Hall–Kier alpha value is -1.33. The second-order valence-electron chi connectivity index (χ2n) is 5.01. The normalized spacial score (nSPS) is 11.2. The standard InChI is InChI=1S/C14H22ClN5/c1-3-4-5-13-18-12(14(15)19-13)9-16-7-6-11-8-17-20(2)10-11/h8,10,16H,3-7,9H2,1-2H3,(H,18,19). The van der Waals surface area contributed by atoms with Crippen LogP contribution in [0.1, 0.15) is 36.8 Å². The SMILES string of the molecule is CCCCc1nc(Cl)c(CNCCc2cnn(C)c2)[nH]1. The quantitative estimate of drug-likeness (QED) is 0.736. The Kier molecular flexibility index (Phi) is 5.61. The van der Waals surface area contributed by atoms with Gasteiger partial charge >= 0.3 is 0 Å². The summed E-state index contributed by atoms with van der Waals surface area (Å²) >= 11 is 6.13. The van der Waals surface area contributed by atoms with Gasteiger partial charge in [0.25, 0.3) is 0 Å². The number of imidazole rings is 1. The number of unbranched alkanes of at least 4 members (excludes halogenated alkanes) is 1. The van der Waals surface area contributed by atoms with Crippen LogP contribution in [-0.4, -0.2) is 26.3 Å². The molecule has 0 unspecified atom stereocenters. The van der Waals surface area contributed by atoms with Gasteiger partial charge < -0.3 is 10.3 Å². The molecule has 0 aliphatic carbocycles. The highest BCUT2D eigenvalue weighted by Crippen LogP contribution is 2.13. The molecule has 0 spiro atoms. The van der Waals surface area contributed by atoms with Gasteiger partial charge in [-0.25, -0.2) is 4.98 Å². The lowest BCUT2D eigenvalue weighted by molar-refractivity contribution is 0.673. The molecule has 0 aromatic carbocycles. The first-order valence-electron chi connectivity index (χ1n) is 7.10. The predicted molar refractivity (Wildman–Crippen MR) is 80.8 cm³/mol. The molecular weight excluding hydrogens is 274 g/mol. The van der Waals surface area contributed by atoms with E-state index in [4.69, 9.17) is 11.6 Å². The molecule has 0 radical (unpaired) electrons. The minimum atomic E-state index is 0.588. The zero-order chi connectivity index (χ0) is 14.4. The monoisotopic (exact) mass is 295 g/mol. The molecule has 2 aromatic rings. The molecule has 0 aliphatic heterocycles. The summed E-state index contributed by atoms with van der Waals surface area (Å²) < 4.78 is 1.82. The van der Waals surface area contributed by atoms with Gasteiger partial charge in [-0.15, -0.1) is 0 Å². The second kappa shape index (κ2) is 7.45. The molecule has 2 rings (SSSR count). The predicted octanol–water partition coefficient (Wildman–Crippen LogP) is 2.47. The molecule has 110 valence electrons. The van der Waals surface area contributed by atoms with Gasteiger partial charge in [-0.2, -0.15) is 5.10 Å². The number of nitrogens with one attached hydrogen (secondary N) is 2. The summed E-state index contributed by atoms with van der Waals surface area (Å²) in [5.74, 6) is 0.987. The zero-order valence-electron chi connectivity index (χ0n) is 12.1. The van der Waals surface area contributed by atoms with E-state index in [1.54, 1.807) is 0 Å². The molecular formula is C14H22ClN5. The van der Waals surface area contributed by atoms with Gasteiger partial charge in [0.15, 0.2) is 5.15 Å². The molecule has 6 heteroatoms. The van der Waals surface area contributed by atoms with Crippen LogP contribution in [0.5, 0.6) is 0 Å². The topological polar surface area (TPSA) is 58.5 Å². The summed E-state index contributed by atoms with van der Waals surface area (Å²) in [6.07, 6.45) is 8.16. The minimum absolute atomic E-state index is 0.588. The summed E-state index contributed by atoms with van der Waals surface area (Å²) in [5, 5.41) is 8.12. The van der Waals surface area contributed by atoms with Crippen molar-refractivity contribution in [3.05, 3.63) is 34.6 Å². The van der Waals surface area contributed by atoms with Gasteiger partial charge in [0.05, 0.1) is 11.9 Å². The molecule has 0 aliphatic rings. The zero-order valence-corrected chi connectivity index (χ0v) is 12.9. The van der Waals surface area contributed by atoms with Crippen molar-refractivity contribution < 1.29 is 0 Å². The van der Waals surface area contributed by atoms with Crippen LogP contribution in [0.2, 0.25) is 5.15 Å². The van der Waals surface area contributed by atoms with E-state index in [1.807, 2.05) is 24.1 Å². The maximum absolute atomic E-state index is 6.13. The molecule has 2 heterocycles. The molecule has 0 saturated carbocycles. The number of halogens is 1. The lowest BCUT2D eigenvalue weighted by Gasteiger charge is -2.02. The number of aromatic amines is 1. The summed E-state index contributed by atoms with van der Waals surface area (Å²) in [4.78, 5) is 7.64. The maximum atomic E-state index is 6.13. The van der Waals surface area contributed by atoms with Crippen LogP contribution in [0.25, 0.3) is 0 Å². The fourth-order valence-corrected chi connectivity index (χ4v) is 2.28. The third-order valence-electron chi connectivity index (χ3n) is 3.20. The van der Waals surface area contributed by atoms with Crippen LogP contribution < -0.4 is 5.32 Å². The Balaban J connectivity index is 1.74. The Labute approximate surface area is 124 Å². The Morgan fingerprint density at radius 3 is 2.95 bits per heavy atom. The van der Waals surface area contributed by atoms with E-state index in [9.17, 15) is 0 Å². The number of H-pyrrole nitrogens is 1. The molecule has 2 N–H and O–H groups in total. The van der Waals surface area contributed by atoms with E-state index >= 15 is 0 Å². The van der Waals surface area contributed by atoms with Crippen LogP contribution >= 0.6 is 11.6 Å². The van der Waals surface area contributed by atoms with Crippen molar-refractivity contribution in [2.24, 2.45) is 7.05 Å². The molecule has 0 bridgehead atoms. The van der Waals surface area contributed by atoms with E-state index < -0.39 is 0 Å². The van der Waals surface area contributed by atoms with Crippen LogP contribution in [0.15, 0.2) is 12.4 Å². The first-order valence-corrected chi connectivity index (χ1v) is 7.48. The average Bonchev–Trinajstić information content (AvgIpc) is 2.99. The Morgan fingerprint density at radius 2 is 2.25 bits per heavy atom. The number of hydrogen-bond acceptors (Lipinski definition) is 3. The molecule has 0 amide bonds. The van der Waals surface area contributed by atoms with Crippen LogP contribution in [0.4, 0.5) is 0 Å². The van der Waals surface area contributed by atoms with Gasteiger partial charge in [-0.1, -0.05) is 24.9 Å². The number of aromatic nitrogens is 4. The van der Waals surface area contributed by atoms with Crippen molar-refractivity contribution in [2.45, 2.75) is 39.2 Å². The first-order chi connectivity index (χ1) is 9.69. The maximum Gasteiger partial charge on any atom is 0.151 e. The van der Waals surface area contributed by atoms with Crippen molar-refractivity contribution in [1.29, 1.82) is 0 Å². The van der Waals surface area contributed by atoms with E-state index in [2.05, 4.69) is 27.3 Å². The van der Waals surface area contributed by atoms with E-state index in [0.717, 1.165) is 50.3 Å². The largest absolute Gasteiger partial charge is 0.344 e. The highest BCUT2D eigenvalue weighted by molar-refractivity contribution is 6.30. The molecule has 5 nitrogen and oxygen atoms in total. The van der Waals surface area contributed by atoms with Crippen LogP contribution in [-0.2, 0) is 26.4 Å². The summed E-state index contributed by atoms with van der Waals surface area (Å²) in [7, 11) is 1.93. The van der Waals surface area contributed by atoms with Crippen molar-refractivity contribution in [1.82, 2.24) is 25.1 Å². The van der Waals surface area contributed by atoms with Gasteiger partial charge in [0.2, 0.25) is 0 Å². The minimum Gasteiger partial charge on any atom is -0.344 e. The number of nitrogens with zero attached hydrogens (tertiary/aromatic N) is 3. The van der Waals surface area contributed by atoms with Crippen molar-refractivity contribution >= 4 is 11.6 Å². The van der Waals surface area contributed by atoms with Gasteiger partial charge in [-0.05, 0) is 24.9 Å². The number of aryl methyl sites for hydroxylation is 2. The molecule has 20 heavy (non-hydrogen) atoms. The Morgan fingerprint density at radius 1 is 1.40 bits per heavy atom. The smallest absolute Gasteiger partial charge is 0.151 e. The third-order valence-corrected chi connectivity index (χ3v) is 3.51. The summed E-state index contributed by atoms with van der Waals surface area (Å²) in [6.45, 7) is 3.79. The molecule has 2 aromatic heterocycles. The van der Waals surface area contributed by atoms with Crippen molar-refractivity contribution in [2.75, 3.05) is 6.54 Å². The second-order valence-corrected chi connectivity index (χ2v) is 5.36. The van der Waals surface area contributed by atoms with Gasteiger partial charge in [-0.3, -0.25) is 4.68 Å². The fraction of sp³-hybridized carbons (Fsp3) is 0.571. The van der Waals surface area contributed by atoms with Crippen molar-refractivity contribution in [3.63, 3.8) is 0 Å². The summed E-state index contributed by atoms with van der Waals surface area (Å²) in [6, 6.07) is 0. The fourth-order valence-electron chi connectivity index (χ4n) is 2.07. The van der Waals surface area contributed by atoms with Crippen molar-refractivity contribution in [3.8, 4) is 0 Å². The first kappa shape index (κ1) is 15.1. The van der Waals surface area contributed by atoms with Crippen LogP contribution in [0, 0.1) is 0 Å². The molecule has 0 fully saturated rings. The Bertz CT molecular complexity index is 531. The third kappa shape index (κ3) is 4.35. The van der Waals surface area contributed by atoms with E-state index in [-0.39, 0.29) is 0 Å². The number of hydrogen-bond donors (Lipinski definition) is 2. The summed E-state index contributed by atoms with van der Waals surface area (Å²) in [5.41, 5.74) is 2.21. The van der Waals surface area contributed by atoms with E-state index in [1.165, 1.54) is 5.56 Å². The van der Waals surface area contributed by atoms with Gasteiger partial charge in [0.1, 0.15) is 5.82 Å². The lowest BCUT2D eigenvalue weighted by Crippen LogP contribution is -2.17. The molecule has 0 saturated heterocycles. The number of rotatable bonds is 8. The lowest BCUT2D eigenvalue weighted by atomic mass is 10.2. The van der Waals surface area contributed by atoms with E-state index in [0.29, 0.717) is 5.15 Å². The average molecular weight is 296 g/mol.